The van der Waals surface area contributed by atoms with E-state index in [1.165, 1.54) is 0 Å². The molecule has 0 atom stereocenters. The highest BCUT2D eigenvalue weighted by Gasteiger charge is 2.28. The van der Waals surface area contributed by atoms with Gasteiger partial charge >= 0.3 is 12.2 Å². The number of nitrogens with zero attached hydrogens (tertiary/aromatic N) is 2. The molecule has 2 aliphatic rings. The molecule has 4 N–H and O–H groups in total. The monoisotopic (exact) mass is 1150 g/mol. The van der Waals surface area contributed by atoms with Gasteiger partial charge in [-0.3, -0.25) is 24.1 Å². The standard InChI is InChI=1S/2C36H35N3O4/c2*1-36(2,3)43-35(42)39-22-10-15-29(24-39)31-23-28(18-21-32(31)38-34(41)27-13-8-5-9-14-27)25-16-19-30(20-17-25)37-33(40)26-11-6-4-7-12-26/h4-9,11-14,16-21,23-24H,10,15,22H2,1-3H3,(H,37,40)(H,38,41);4-9,11-21,23H,10,22,24H2,1-3H3,(H,37,40)(H,38,41). The normalized spacial score (nSPS) is 13.1. The van der Waals surface area contributed by atoms with E-state index < -0.39 is 17.3 Å². The van der Waals surface area contributed by atoms with E-state index in [0.717, 1.165) is 57.4 Å². The molecule has 0 aromatic heterocycles. The molecule has 8 aromatic rings. The fourth-order valence-electron chi connectivity index (χ4n) is 9.69. The maximum absolute atomic E-state index is 13.1. The van der Waals surface area contributed by atoms with Crippen molar-refractivity contribution < 1.29 is 38.2 Å². The van der Waals surface area contributed by atoms with Gasteiger partial charge in [-0.1, -0.05) is 115 Å². The Morgan fingerprint density at radius 2 is 0.779 bits per heavy atom. The first-order valence-electron chi connectivity index (χ1n) is 28.6. The van der Waals surface area contributed by atoms with Crippen molar-refractivity contribution in [1.29, 1.82) is 0 Å². The van der Waals surface area contributed by atoms with E-state index in [0.29, 0.717) is 71.1 Å². The van der Waals surface area contributed by atoms with Gasteiger partial charge in [0.25, 0.3) is 23.6 Å². The van der Waals surface area contributed by atoms with E-state index in [1.54, 1.807) is 58.3 Å². The second-order valence-electron chi connectivity index (χ2n) is 22.8. The molecule has 10 rings (SSSR count). The Morgan fingerprint density at radius 1 is 0.407 bits per heavy atom. The molecule has 0 radical (unpaired) electrons. The molecule has 0 saturated heterocycles. The molecular formula is C72H70N6O8. The number of nitrogens with one attached hydrogen (secondary N) is 4. The number of benzene rings is 8. The first kappa shape index (κ1) is 60.3. The third-order valence-electron chi connectivity index (χ3n) is 13.9. The number of amides is 6. The highest BCUT2D eigenvalue weighted by molar-refractivity contribution is 6.08. The van der Waals surface area contributed by atoms with Crippen molar-refractivity contribution in [3.63, 3.8) is 0 Å². The molecule has 436 valence electrons. The fourth-order valence-corrected chi connectivity index (χ4v) is 9.69. The molecule has 0 unspecified atom stereocenters. The predicted octanol–water partition coefficient (Wildman–Crippen LogP) is 16.1. The van der Waals surface area contributed by atoms with Crippen molar-refractivity contribution in [3.8, 4) is 22.3 Å². The Labute approximate surface area is 502 Å². The summed E-state index contributed by atoms with van der Waals surface area (Å²) in [5.74, 6) is -0.775. The third-order valence-corrected chi connectivity index (χ3v) is 13.9. The third kappa shape index (κ3) is 16.5. The van der Waals surface area contributed by atoms with Crippen LogP contribution in [0, 0.1) is 0 Å². The van der Waals surface area contributed by atoms with E-state index in [2.05, 4.69) is 27.3 Å². The van der Waals surface area contributed by atoms with Crippen LogP contribution in [-0.4, -0.2) is 76.5 Å². The second kappa shape index (κ2) is 27.4. The van der Waals surface area contributed by atoms with E-state index in [1.807, 2.05) is 205 Å². The molecular weight excluding hydrogens is 1080 g/mol. The maximum atomic E-state index is 13.1. The number of hydrogen-bond donors (Lipinski definition) is 4. The van der Waals surface area contributed by atoms with Crippen molar-refractivity contribution in [2.24, 2.45) is 0 Å². The highest BCUT2D eigenvalue weighted by Crippen LogP contribution is 2.37. The average molecular weight is 1150 g/mol. The lowest BCUT2D eigenvalue weighted by atomic mass is 9.93. The Morgan fingerprint density at radius 3 is 1.19 bits per heavy atom. The Balaban J connectivity index is 0.000000205. The zero-order valence-corrected chi connectivity index (χ0v) is 49.2. The summed E-state index contributed by atoms with van der Waals surface area (Å²) in [5, 5.41) is 12.0. The molecule has 0 aliphatic carbocycles. The quantitative estimate of drug-likeness (QED) is 0.0935. The van der Waals surface area contributed by atoms with Gasteiger partial charge in [0.1, 0.15) is 11.2 Å². The number of hydrogen-bond acceptors (Lipinski definition) is 8. The van der Waals surface area contributed by atoms with Crippen molar-refractivity contribution >= 4 is 69.7 Å². The van der Waals surface area contributed by atoms with Crippen LogP contribution in [0.15, 0.2) is 219 Å². The summed E-state index contributed by atoms with van der Waals surface area (Å²) in [6, 6.07) is 63.3. The van der Waals surface area contributed by atoms with Crippen molar-refractivity contribution in [2.75, 3.05) is 40.9 Å². The van der Waals surface area contributed by atoms with Crippen LogP contribution in [0.2, 0.25) is 0 Å². The number of carbonyl (C=O) groups excluding carboxylic acids is 6. The number of anilines is 4. The molecule has 2 heterocycles. The van der Waals surface area contributed by atoms with Crippen LogP contribution in [0.1, 0.15) is 113 Å². The van der Waals surface area contributed by atoms with Crippen molar-refractivity contribution in [3.05, 3.63) is 252 Å². The van der Waals surface area contributed by atoms with Crippen LogP contribution in [-0.2, 0) is 9.47 Å². The lowest BCUT2D eigenvalue weighted by Gasteiger charge is -2.31. The predicted molar refractivity (Wildman–Crippen MR) is 342 cm³/mol. The zero-order valence-electron chi connectivity index (χ0n) is 49.2. The minimum atomic E-state index is -0.607. The van der Waals surface area contributed by atoms with Gasteiger partial charge in [-0.2, -0.15) is 0 Å². The summed E-state index contributed by atoms with van der Waals surface area (Å²) in [7, 11) is 0. The van der Waals surface area contributed by atoms with Crippen LogP contribution in [0.5, 0.6) is 0 Å². The van der Waals surface area contributed by atoms with Gasteiger partial charge in [-0.15, -0.1) is 0 Å². The van der Waals surface area contributed by atoms with Gasteiger partial charge in [0, 0.05) is 82.0 Å². The van der Waals surface area contributed by atoms with Gasteiger partial charge in [0.05, 0.1) is 0 Å². The van der Waals surface area contributed by atoms with E-state index in [-0.39, 0.29) is 29.7 Å². The summed E-state index contributed by atoms with van der Waals surface area (Å²) < 4.78 is 11.3. The lowest BCUT2D eigenvalue weighted by molar-refractivity contribution is 0.0271. The topological polar surface area (TPSA) is 175 Å². The number of allylic oxidation sites excluding steroid dienone is 1. The second-order valence-corrected chi connectivity index (χ2v) is 22.8. The number of carbonyl (C=O) groups is 6. The first-order chi connectivity index (χ1) is 41.3. The molecule has 14 heteroatoms. The van der Waals surface area contributed by atoms with E-state index in [4.69, 9.17) is 9.47 Å². The van der Waals surface area contributed by atoms with Crippen LogP contribution >= 0.6 is 0 Å². The minimum Gasteiger partial charge on any atom is -0.444 e. The van der Waals surface area contributed by atoms with Crippen LogP contribution in [0.3, 0.4) is 0 Å². The van der Waals surface area contributed by atoms with Crippen molar-refractivity contribution in [1.82, 2.24) is 9.80 Å². The maximum Gasteiger partial charge on any atom is 0.414 e. The highest BCUT2D eigenvalue weighted by atomic mass is 16.6. The minimum absolute atomic E-state index is 0.173. The van der Waals surface area contributed by atoms with E-state index >= 15 is 0 Å². The fraction of sp³-hybridized carbons (Fsp3) is 0.194. The first-order valence-corrected chi connectivity index (χ1v) is 28.6. The molecule has 14 nitrogen and oxygen atoms in total. The smallest absolute Gasteiger partial charge is 0.414 e. The largest absolute Gasteiger partial charge is 0.444 e. The average Bonchev–Trinajstić information content (AvgIpc) is 1.51. The van der Waals surface area contributed by atoms with Crippen molar-refractivity contribution in [2.45, 2.75) is 72.0 Å². The van der Waals surface area contributed by atoms with E-state index in [9.17, 15) is 28.8 Å². The van der Waals surface area contributed by atoms with Gasteiger partial charge in [0.2, 0.25) is 0 Å². The molecule has 2 aliphatic heterocycles. The summed E-state index contributed by atoms with van der Waals surface area (Å²) in [5.41, 5.74) is 11.0. The molecule has 6 amide bonds. The Hall–Kier alpha value is -10.3. The molecule has 0 fully saturated rings. The summed E-state index contributed by atoms with van der Waals surface area (Å²) in [6.45, 7) is 12.6. The molecule has 0 bridgehead atoms. The van der Waals surface area contributed by atoms with Crippen LogP contribution in [0.4, 0.5) is 32.3 Å². The molecule has 8 aromatic carbocycles. The van der Waals surface area contributed by atoms with Gasteiger partial charge in [-0.05, 0) is 191 Å². The number of ether oxygens (including phenoxy) is 2. The van der Waals surface area contributed by atoms with Gasteiger partial charge in [-0.25, -0.2) is 9.59 Å². The zero-order chi connectivity index (χ0) is 60.8. The molecule has 86 heavy (non-hydrogen) atoms. The Bertz CT molecular complexity index is 3780. The van der Waals surface area contributed by atoms with Gasteiger partial charge in [0.15, 0.2) is 0 Å². The number of rotatable bonds is 12. The Kier molecular flexibility index (Phi) is 19.2. The lowest BCUT2D eigenvalue weighted by Crippen LogP contribution is -2.39. The SMILES string of the molecule is CC(C)(C)OC(=O)N1C=C(c2cc(-c3ccc(NC(=O)c4ccccc4)cc3)ccc2NC(=O)c2ccccc2)CCC1.CC(C)(C)OC(=O)N1CCC=C(c2cc(-c3ccc(NC(=O)c4ccccc4)cc3)ccc2NC(=O)c2ccccc2)C1. The molecule has 0 spiro atoms. The van der Waals surface area contributed by atoms with Crippen LogP contribution in [0.25, 0.3) is 33.4 Å². The molecule has 0 saturated carbocycles. The summed E-state index contributed by atoms with van der Waals surface area (Å²) in [4.78, 5) is 80.5. The summed E-state index contributed by atoms with van der Waals surface area (Å²) >= 11 is 0. The summed E-state index contributed by atoms with van der Waals surface area (Å²) in [6.07, 6.45) is 5.35. The van der Waals surface area contributed by atoms with Crippen LogP contribution < -0.4 is 21.3 Å². The van der Waals surface area contributed by atoms with Gasteiger partial charge < -0.3 is 35.6 Å².